The van der Waals surface area contributed by atoms with Crippen LogP contribution in [0.25, 0.3) is 0 Å². The summed E-state index contributed by atoms with van der Waals surface area (Å²) in [4.78, 5) is 0. The Balaban J connectivity index is 3.98. The van der Waals surface area contributed by atoms with Gasteiger partial charge in [0.15, 0.2) is 12.3 Å². The van der Waals surface area contributed by atoms with Crippen molar-refractivity contribution in [1.82, 2.24) is 0 Å². The largest absolute Gasteiger partial charge is 0.381 e. The SMILES string of the molecule is FC(F)C(F)(F)C(F)CCOCCC(F)C(F)(F)C(F)F. The molecule has 0 radical (unpaired) electrons. The van der Waals surface area contributed by atoms with Crippen LogP contribution in [0.3, 0.4) is 0 Å². The second-order valence-corrected chi connectivity index (χ2v) is 4.08. The van der Waals surface area contributed by atoms with Crippen LogP contribution < -0.4 is 0 Å². The average Bonchev–Trinajstić information content (AvgIpc) is 2.36. The van der Waals surface area contributed by atoms with Crippen molar-refractivity contribution in [2.45, 2.75) is 49.9 Å². The summed E-state index contributed by atoms with van der Waals surface area (Å²) < 4.78 is 126. The van der Waals surface area contributed by atoms with Crippen molar-refractivity contribution in [3.8, 4) is 0 Å². The number of hydrogen-bond acceptors (Lipinski definition) is 1. The van der Waals surface area contributed by atoms with Gasteiger partial charge in [-0.05, 0) is 0 Å². The van der Waals surface area contributed by atoms with Crippen molar-refractivity contribution in [1.29, 1.82) is 0 Å². The fourth-order valence-corrected chi connectivity index (χ4v) is 1.13. The molecule has 128 valence electrons. The predicted molar refractivity (Wildman–Crippen MR) is 51.7 cm³/mol. The summed E-state index contributed by atoms with van der Waals surface area (Å²) in [7, 11) is 0. The Hall–Kier alpha value is -0.740. The standard InChI is InChI=1S/C10H12F10O/c11-5(9(17,18)7(13)14)1-3-21-4-2-6(12)10(19,20)8(15)16/h5-8H,1-4H2. The van der Waals surface area contributed by atoms with Crippen molar-refractivity contribution in [3.05, 3.63) is 0 Å². The zero-order chi connectivity index (χ0) is 16.8. The van der Waals surface area contributed by atoms with Gasteiger partial charge in [0.05, 0.1) is 0 Å². The highest BCUT2D eigenvalue weighted by Gasteiger charge is 2.50. The van der Waals surface area contributed by atoms with Gasteiger partial charge >= 0.3 is 24.7 Å². The third kappa shape index (κ3) is 5.87. The third-order valence-corrected chi connectivity index (χ3v) is 2.45. The van der Waals surface area contributed by atoms with Gasteiger partial charge in [-0.15, -0.1) is 0 Å². The molecule has 1 nitrogen and oxygen atoms in total. The summed E-state index contributed by atoms with van der Waals surface area (Å²) in [6.45, 7) is -1.76. The molecule has 0 N–H and O–H groups in total. The highest BCUT2D eigenvalue weighted by molar-refractivity contribution is 4.80. The Morgan fingerprint density at radius 3 is 1.14 bits per heavy atom. The van der Waals surface area contributed by atoms with E-state index in [1.807, 2.05) is 0 Å². The van der Waals surface area contributed by atoms with Gasteiger partial charge in [-0.25, -0.2) is 26.3 Å². The minimum absolute atomic E-state index is 0.879. The van der Waals surface area contributed by atoms with E-state index >= 15 is 0 Å². The van der Waals surface area contributed by atoms with Crippen molar-refractivity contribution < 1.29 is 48.6 Å². The maximum absolute atomic E-state index is 12.7. The van der Waals surface area contributed by atoms with Crippen molar-refractivity contribution in [2.24, 2.45) is 0 Å². The third-order valence-electron chi connectivity index (χ3n) is 2.45. The molecule has 0 aliphatic heterocycles. The molecule has 0 aliphatic rings. The molecule has 0 spiro atoms. The zero-order valence-electron chi connectivity index (χ0n) is 10.3. The zero-order valence-corrected chi connectivity index (χ0v) is 10.3. The quantitative estimate of drug-likeness (QED) is 0.427. The lowest BCUT2D eigenvalue weighted by molar-refractivity contribution is -0.178. The van der Waals surface area contributed by atoms with Crippen molar-refractivity contribution in [2.75, 3.05) is 13.2 Å². The topological polar surface area (TPSA) is 9.23 Å². The summed E-state index contributed by atoms with van der Waals surface area (Å²) in [6.07, 6.45) is -17.3. The number of hydrogen-bond donors (Lipinski definition) is 0. The first-order valence-corrected chi connectivity index (χ1v) is 5.61. The van der Waals surface area contributed by atoms with Gasteiger partial charge in [-0.2, -0.15) is 17.6 Å². The van der Waals surface area contributed by atoms with Crippen LogP contribution in [0.5, 0.6) is 0 Å². The molecule has 11 heteroatoms. The number of ether oxygens (including phenoxy) is 1. The van der Waals surface area contributed by atoms with E-state index in [0.29, 0.717) is 0 Å². The molecular weight excluding hydrogens is 326 g/mol. The van der Waals surface area contributed by atoms with Gasteiger partial charge in [0.2, 0.25) is 0 Å². The van der Waals surface area contributed by atoms with Gasteiger partial charge in [0.25, 0.3) is 0 Å². The lowest BCUT2D eigenvalue weighted by atomic mass is 10.1. The van der Waals surface area contributed by atoms with Crippen molar-refractivity contribution in [3.63, 3.8) is 0 Å². The summed E-state index contributed by atoms with van der Waals surface area (Å²) in [5.74, 6) is -9.79. The van der Waals surface area contributed by atoms with E-state index in [2.05, 4.69) is 4.74 Å². The minimum Gasteiger partial charge on any atom is -0.381 e. The Kier molecular flexibility index (Phi) is 7.76. The maximum Gasteiger partial charge on any atom is 0.337 e. The number of halogens is 10. The van der Waals surface area contributed by atoms with E-state index in [1.54, 1.807) is 0 Å². The fourth-order valence-electron chi connectivity index (χ4n) is 1.13. The second kappa shape index (κ2) is 8.04. The molecule has 21 heavy (non-hydrogen) atoms. The first-order valence-electron chi connectivity index (χ1n) is 5.61. The molecule has 0 fully saturated rings. The molecule has 0 heterocycles. The lowest BCUT2D eigenvalue weighted by Crippen LogP contribution is -2.39. The fraction of sp³-hybridized carbons (Fsp3) is 1.00. The predicted octanol–water partition coefficient (Wildman–Crippen LogP) is 4.26. The van der Waals surface area contributed by atoms with Gasteiger partial charge in [0.1, 0.15) is 0 Å². The van der Waals surface area contributed by atoms with Gasteiger partial charge in [-0.1, -0.05) is 0 Å². The van der Waals surface area contributed by atoms with Crippen LogP contribution in [0.2, 0.25) is 0 Å². The number of alkyl halides is 10. The maximum atomic E-state index is 12.7. The molecule has 0 bridgehead atoms. The van der Waals surface area contributed by atoms with Crippen LogP contribution >= 0.6 is 0 Å². The Bertz CT molecular complexity index is 268. The van der Waals surface area contributed by atoms with Gasteiger partial charge in [0, 0.05) is 26.1 Å². The summed E-state index contributed by atoms with van der Waals surface area (Å²) in [6, 6.07) is 0. The smallest absolute Gasteiger partial charge is 0.337 e. The molecule has 0 amide bonds. The first kappa shape index (κ1) is 20.3. The Morgan fingerprint density at radius 2 is 0.905 bits per heavy atom. The van der Waals surface area contributed by atoms with Crippen molar-refractivity contribution >= 4 is 0 Å². The van der Waals surface area contributed by atoms with Crippen LogP contribution in [-0.4, -0.2) is 50.3 Å². The van der Waals surface area contributed by atoms with Crippen LogP contribution in [0.1, 0.15) is 12.8 Å². The molecule has 0 rings (SSSR count). The van der Waals surface area contributed by atoms with E-state index in [9.17, 15) is 43.9 Å². The Labute approximate surface area is 113 Å². The van der Waals surface area contributed by atoms with E-state index in [4.69, 9.17) is 0 Å². The molecule has 0 saturated heterocycles. The Morgan fingerprint density at radius 1 is 0.619 bits per heavy atom. The average molecular weight is 338 g/mol. The summed E-state index contributed by atoms with van der Waals surface area (Å²) >= 11 is 0. The van der Waals surface area contributed by atoms with E-state index in [-0.39, 0.29) is 0 Å². The second-order valence-electron chi connectivity index (χ2n) is 4.08. The van der Waals surface area contributed by atoms with Crippen LogP contribution in [0.4, 0.5) is 43.9 Å². The molecule has 0 aromatic rings. The molecule has 2 unspecified atom stereocenters. The highest BCUT2D eigenvalue weighted by Crippen LogP contribution is 2.32. The van der Waals surface area contributed by atoms with E-state index in [0.717, 1.165) is 0 Å². The highest BCUT2D eigenvalue weighted by atomic mass is 19.3. The van der Waals surface area contributed by atoms with Crippen LogP contribution in [0.15, 0.2) is 0 Å². The first-order chi connectivity index (χ1) is 9.44. The normalized spacial score (nSPS) is 16.6. The molecular formula is C10H12F10O. The minimum atomic E-state index is -4.89. The van der Waals surface area contributed by atoms with Crippen LogP contribution in [0, 0.1) is 0 Å². The van der Waals surface area contributed by atoms with Gasteiger partial charge < -0.3 is 4.74 Å². The van der Waals surface area contributed by atoms with Crippen LogP contribution in [-0.2, 0) is 4.74 Å². The van der Waals surface area contributed by atoms with E-state index in [1.165, 1.54) is 0 Å². The van der Waals surface area contributed by atoms with E-state index < -0.39 is 63.1 Å². The molecule has 2 atom stereocenters. The molecule has 0 aromatic carbocycles. The van der Waals surface area contributed by atoms with Gasteiger partial charge in [-0.3, -0.25) is 0 Å². The molecule has 0 aliphatic carbocycles. The lowest BCUT2D eigenvalue weighted by Gasteiger charge is -2.20. The summed E-state index contributed by atoms with van der Waals surface area (Å²) in [5.41, 5.74) is 0. The number of rotatable bonds is 10. The molecule has 0 aromatic heterocycles. The monoisotopic (exact) mass is 338 g/mol. The molecule has 0 saturated carbocycles. The summed E-state index contributed by atoms with van der Waals surface area (Å²) in [5, 5.41) is 0.